The Morgan fingerprint density at radius 3 is 2.62 bits per heavy atom. The second-order valence-corrected chi connectivity index (χ2v) is 7.42. The van der Waals surface area contributed by atoms with Crippen molar-refractivity contribution in [3.05, 3.63) is 58.0 Å². The smallest absolute Gasteiger partial charge is 0.197 e. The number of nitrogens with zero attached hydrogens (tertiary/aromatic N) is 1. The van der Waals surface area contributed by atoms with Crippen molar-refractivity contribution in [2.24, 2.45) is 0 Å². The van der Waals surface area contributed by atoms with Gasteiger partial charge in [-0.15, -0.1) is 0 Å². The third-order valence-electron chi connectivity index (χ3n) is 5.49. The number of hydrogen-bond acceptors (Lipinski definition) is 6. The van der Waals surface area contributed by atoms with Gasteiger partial charge in [0.1, 0.15) is 34.0 Å². The van der Waals surface area contributed by atoms with E-state index in [9.17, 15) is 19.4 Å². The fourth-order valence-electron chi connectivity index (χ4n) is 4.01. The Morgan fingerprint density at radius 2 is 1.97 bits per heavy atom. The quantitative estimate of drug-likeness (QED) is 0.704. The monoisotopic (exact) mass is 399 g/mol. The molecule has 2 aromatic carbocycles. The number of methoxy groups -OCH3 is 1. The van der Waals surface area contributed by atoms with Gasteiger partial charge in [0, 0.05) is 35.7 Å². The summed E-state index contributed by atoms with van der Waals surface area (Å²) in [4.78, 5) is 14.8. The molecule has 0 unspecified atom stereocenters. The van der Waals surface area contributed by atoms with E-state index in [4.69, 9.17) is 9.15 Å². The van der Waals surface area contributed by atoms with Gasteiger partial charge in [-0.3, -0.25) is 4.79 Å². The lowest BCUT2D eigenvalue weighted by Gasteiger charge is -2.34. The maximum atomic E-state index is 13.3. The van der Waals surface area contributed by atoms with Crippen LogP contribution in [0, 0.1) is 5.82 Å². The van der Waals surface area contributed by atoms with Gasteiger partial charge in [0.25, 0.3) is 0 Å². The van der Waals surface area contributed by atoms with Crippen LogP contribution in [0.1, 0.15) is 17.9 Å². The highest BCUT2D eigenvalue weighted by molar-refractivity contribution is 5.89. The maximum absolute atomic E-state index is 13.3. The number of hydrogen-bond donors (Lipinski definition) is 2. The van der Waals surface area contributed by atoms with Crippen molar-refractivity contribution in [2.45, 2.75) is 18.4 Å². The van der Waals surface area contributed by atoms with E-state index in [2.05, 4.69) is 0 Å². The highest BCUT2D eigenvalue weighted by Gasteiger charge is 2.33. The summed E-state index contributed by atoms with van der Waals surface area (Å²) in [5.74, 6) is -0.369. The number of piperidine rings is 1. The van der Waals surface area contributed by atoms with Crippen LogP contribution >= 0.6 is 0 Å². The predicted octanol–water partition coefficient (Wildman–Crippen LogP) is 3.09. The van der Waals surface area contributed by atoms with Crippen LogP contribution < -0.4 is 10.2 Å². The fraction of sp³-hybridized carbons (Fsp3) is 0.318. The van der Waals surface area contributed by atoms with Crippen LogP contribution in [-0.2, 0) is 0 Å². The Morgan fingerprint density at radius 1 is 1.24 bits per heavy atom. The van der Waals surface area contributed by atoms with Gasteiger partial charge < -0.3 is 24.3 Å². The number of likely N-dealkylation sites (tertiary alicyclic amines) is 1. The molecule has 2 atom stereocenters. The number of phenols is 1. The van der Waals surface area contributed by atoms with Crippen LogP contribution in [0.25, 0.3) is 22.3 Å². The number of rotatable bonds is 3. The van der Waals surface area contributed by atoms with Crippen LogP contribution in [0.2, 0.25) is 0 Å². The van der Waals surface area contributed by atoms with Crippen molar-refractivity contribution >= 4 is 11.0 Å². The average molecular weight is 399 g/mol. The lowest BCUT2D eigenvalue weighted by atomic mass is 9.85. The number of aromatic hydroxyl groups is 1. The maximum Gasteiger partial charge on any atom is 0.197 e. The van der Waals surface area contributed by atoms with Crippen molar-refractivity contribution in [3.8, 4) is 22.8 Å². The van der Waals surface area contributed by atoms with Crippen LogP contribution in [0.4, 0.5) is 4.39 Å². The van der Waals surface area contributed by atoms with Gasteiger partial charge in [-0.2, -0.15) is 0 Å². The van der Waals surface area contributed by atoms with Gasteiger partial charge in [0.05, 0.1) is 13.2 Å². The van der Waals surface area contributed by atoms with Gasteiger partial charge >= 0.3 is 0 Å². The number of likely N-dealkylation sites (N-methyl/N-ethyl adjacent to an activating group) is 1. The molecule has 0 saturated carbocycles. The molecule has 0 amide bonds. The first-order valence-electron chi connectivity index (χ1n) is 9.39. The molecule has 0 aliphatic carbocycles. The zero-order valence-corrected chi connectivity index (χ0v) is 16.2. The molecular formula is C22H22FNO5. The molecule has 0 bridgehead atoms. The van der Waals surface area contributed by atoms with Gasteiger partial charge in [-0.05, 0) is 44.3 Å². The highest BCUT2D eigenvalue weighted by atomic mass is 19.1. The van der Waals surface area contributed by atoms with Crippen molar-refractivity contribution in [1.29, 1.82) is 0 Å². The van der Waals surface area contributed by atoms with E-state index in [0.717, 1.165) is 6.54 Å². The Bertz CT molecular complexity index is 1110. The van der Waals surface area contributed by atoms with E-state index in [1.165, 1.54) is 43.5 Å². The Kier molecular flexibility index (Phi) is 5.02. The molecule has 0 spiro atoms. The third-order valence-corrected chi connectivity index (χ3v) is 5.49. The van der Waals surface area contributed by atoms with Crippen LogP contribution in [0.15, 0.2) is 45.6 Å². The molecule has 4 rings (SSSR count). The summed E-state index contributed by atoms with van der Waals surface area (Å²) in [5.41, 5.74) is 0.848. The molecule has 3 aromatic rings. The SMILES string of the molecule is COc1cc(O)c2c(=O)cc(-c3ccc(F)cc3)oc2c1[C@@H]1CCN(C)C[C@H]1O. The van der Waals surface area contributed by atoms with Crippen LogP contribution in [0.3, 0.4) is 0 Å². The molecule has 6 nitrogen and oxygen atoms in total. The molecule has 2 heterocycles. The molecule has 1 aliphatic heterocycles. The predicted molar refractivity (Wildman–Crippen MR) is 107 cm³/mol. The summed E-state index contributed by atoms with van der Waals surface area (Å²) in [7, 11) is 3.39. The average Bonchev–Trinajstić information content (AvgIpc) is 2.68. The molecule has 1 fully saturated rings. The molecule has 2 N–H and O–H groups in total. The molecular weight excluding hydrogens is 377 g/mol. The van der Waals surface area contributed by atoms with Crippen molar-refractivity contribution in [1.82, 2.24) is 4.90 Å². The first-order valence-corrected chi connectivity index (χ1v) is 9.39. The Labute approximate surface area is 166 Å². The standard InChI is InChI=1S/C22H22FNO5/c1-24-8-7-14(17(27)11-24)20-19(28-2)10-16(26)21-15(25)9-18(29-22(20)21)12-3-5-13(23)6-4-12/h3-6,9-10,14,17,26-27H,7-8,11H2,1-2H3/t14-,17-/m1/s1. The zero-order chi connectivity index (χ0) is 20.7. The van der Waals surface area contributed by atoms with E-state index in [0.29, 0.717) is 29.8 Å². The van der Waals surface area contributed by atoms with Gasteiger partial charge in [-0.25, -0.2) is 4.39 Å². The summed E-state index contributed by atoms with van der Waals surface area (Å²) in [5, 5.41) is 21.2. The second kappa shape index (κ2) is 7.50. The minimum Gasteiger partial charge on any atom is -0.507 e. The Hall–Kier alpha value is -2.90. The van der Waals surface area contributed by atoms with Crippen molar-refractivity contribution in [3.63, 3.8) is 0 Å². The van der Waals surface area contributed by atoms with Gasteiger partial charge in [0.2, 0.25) is 0 Å². The summed E-state index contributed by atoms with van der Waals surface area (Å²) >= 11 is 0. The molecule has 0 radical (unpaired) electrons. The summed E-state index contributed by atoms with van der Waals surface area (Å²) in [6.07, 6.45) is -0.0477. The lowest BCUT2D eigenvalue weighted by molar-refractivity contribution is 0.0630. The van der Waals surface area contributed by atoms with Gasteiger partial charge in [0.15, 0.2) is 5.43 Å². The Balaban J connectivity index is 1.99. The van der Waals surface area contributed by atoms with E-state index in [1.807, 2.05) is 11.9 Å². The largest absolute Gasteiger partial charge is 0.507 e. The van der Waals surface area contributed by atoms with E-state index >= 15 is 0 Å². The van der Waals surface area contributed by atoms with Crippen LogP contribution in [-0.4, -0.2) is 48.5 Å². The number of aliphatic hydroxyl groups is 1. The molecule has 1 aliphatic rings. The second-order valence-electron chi connectivity index (χ2n) is 7.42. The number of aliphatic hydroxyl groups excluding tert-OH is 1. The third kappa shape index (κ3) is 3.47. The van der Waals surface area contributed by atoms with E-state index in [-0.39, 0.29) is 28.4 Å². The number of β-amino-alcohol motifs (C(OH)–C–C–N with tert-alkyl or cyclic N) is 1. The molecule has 7 heteroatoms. The lowest BCUT2D eigenvalue weighted by Crippen LogP contribution is -2.40. The highest BCUT2D eigenvalue weighted by Crippen LogP contribution is 2.43. The summed E-state index contributed by atoms with van der Waals surface area (Å²) in [6, 6.07) is 8.26. The summed E-state index contributed by atoms with van der Waals surface area (Å²) < 4.78 is 24.8. The number of benzene rings is 2. The van der Waals surface area contributed by atoms with Crippen molar-refractivity contribution in [2.75, 3.05) is 27.2 Å². The summed E-state index contributed by atoms with van der Waals surface area (Å²) in [6.45, 7) is 1.23. The topological polar surface area (TPSA) is 83.1 Å². The molecule has 1 aromatic heterocycles. The zero-order valence-electron chi connectivity index (χ0n) is 16.2. The fourth-order valence-corrected chi connectivity index (χ4v) is 4.01. The van der Waals surface area contributed by atoms with Crippen LogP contribution in [0.5, 0.6) is 11.5 Å². The van der Waals surface area contributed by atoms with E-state index in [1.54, 1.807) is 0 Å². The molecule has 1 saturated heterocycles. The first-order chi connectivity index (χ1) is 13.9. The van der Waals surface area contributed by atoms with Crippen molar-refractivity contribution < 1.29 is 23.8 Å². The number of fused-ring (bicyclic) bond motifs is 1. The minimum atomic E-state index is -0.685. The number of ether oxygens (including phenoxy) is 1. The number of phenolic OH excluding ortho intramolecular Hbond substituents is 1. The molecule has 152 valence electrons. The normalized spacial score (nSPS) is 20.1. The molecule has 29 heavy (non-hydrogen) atoms. The first kappa shape index (κ1) is 19.4. The van der Waals surface area contributed by atoms with E-state index < -0.39 is 17.3 Å². The van der Waals surface area contributed by atoms with Gasteiger partial charge in [-0.1, -0.05) is 0 Å². The minimum absolute atomic E-state index is 0.0396. The number of halogens is 1.